The van der Waals surface area contributed by atoms with Gasteiger partial charge in [-0.15, -0.1) is 0 Å². The molecule has 2 nitrogen and oxygen atoms in total. The molecule has 1 saturated carbocycles. The number of rotatable bonds is 2. The first-order valence-corrected chi connectivity index (χ1v) is 12.6. The molecule has 0 N–H and O–H groups in total. The Bertz CT molecular complexity index is 539. The molecule has 0 radical (unpaired) electrons. The molecule has 2 aliphatic rings. The lowest BCUT2D eigenvalue weighted by Gasteiger charge is -2.53. The predicted octanol–water partition coefficient (Wildman–Crippen LogP) is 8.30. The van der Waals surface area contributed by atoms with Crippen LogP contribution < -0.4 is 0 Å². The summed E-state index contributed by atoms with van der Waals surface area (Å²) in [6.45, 7) is 16.7. The highest BCUT2D eigenvalue weighted by atomic mass is 32.2. The summed E-state index contributed by atoms with van der Waals surface area (Å²) >= 11 is 1.60. The molecule has 3 heteroatoms. The van der Waals surface area contributed by atoms with Crippen molar-refractivity contribution < 1.29 is 4.79 Å². The van der Waals surface area contributed by atoms with E-state index in [0.29, 0.717) is 5.41 Å². The van der Waals surface area contributed by atoms with Gasteiger partial charge in [-0.3, -0.25) is 4.79 Å². The second-order valence-corrected chi connectivity index (χ2v) is 13.5. The van der Waals surface area contributed by atoms with Crippen molar-refractivity contribution >= 4 is 17.0 Å². The van der Waals surface area contributed by atoms with Gasteiger partial charge in [0.2, 0.25) is 0 Å². The van der Waals surface area contributed by atoms with Crippen LogP contribution in [0.25, 0.3) is 0 Å². The Morgan fingerprint density at radius 1 is 0.964 bits per heavy atom. The van der Waals surface area contributed by atoms with Crippen LogP contribution in [0.5, 0.6) is 0 Å². The Kier molecular flexibility index (Phi) is 7.66. The van der Waals surface area contributed by atoms with Crippen molar-refractivity contribution in [1.29, 1.82) is 0 Å². The molecule has 1 aliphatic heterocycles. The highest BCUT2D eigenvalue weighted by molar-refractivity contribution is 8.14. The molecule has 1 aliphatic carbocycles. The quantitative estimate of drug-likeness (QED) is 0.457. The first-order chi connectivity index (χ1) is 12.8. The molecular formula is C25H47NOS. The van der Waals surface area contributed by atoms with Gasteiger partial charge in [-0.25, -0.2) is 0 Å². The van der Waals surface area contributed by atoms with E-state index in [4.69, 9.17) is 0 Å². The van der Waals surface area contributed by atoms with Crippen LogP contribution in [0.1, 0.15) is 119 Å². The summed E-state index contributed by atoms with van der Waals surface area (Å²) in [4.78, 5) is 15.0. The van der Waals surface area contributed by atoms with E-state index < -0.39 is 0 Å². The lowest BCUT2D eigenvalue weighted by Crippen LogP contribution is -2.53. The summed E-state index contributed by atoms with van der Waals surface area (Å²) < 4.78 is 0.0378. The first-order valence-electron chi connectivity index (χ1n) is 11.8. The van der Waals surface area contributed by atoms with E-state index in [1.165, 1.54) is 51.4 Å². The van der Waals surface area contributed by atoms with Gasteiger partial charge >= 0.3 is 0 Å². The number of nitrogens with zero attached hydrogens (tertiary/aromatic N) is 1. The minimum atomic E-state index is -0.0899. The average molecular weight is 410 g/mol. The molecule has 3 atom stereocenters. The van der Waals surface area contributed by atoms with Gasteiger partial charge in [-0.05, 0) is 76.0 Å². The van der Waals surface area contributed by atoms with Crippen LogP contribution in [0.4, 0.5) is 4.79 Å². The van der Waals surface area contributed by atoms with Crippen molar-refractivity contribution in [2.45, 2.75) is 129 Å². The van der Waals surface area contributed by atoms with Crippen LogP contribution in [0.2, 0.25) is 0 Å². The molecular weight excluding hydrogens is 362 g/mol. The van der Waals surface area contributed by atoms with Gasteiger partial charge in [0.05, 0.1) is 0 Å². The van der Waals surface area contributed by atoms with Gasteiger partial charge in [0.25, 0.3) is 5.24 Å². The fourth-order valence-corrected chi connectivity index (χ4v) is 7.41. The zero-order valence-electron chi connectivity index (χ0n) is 20.1. The summed E-state index contributed by atoms with van der Waals surface area (Å²) in [5, 5.41) is 0.252. The zero-order chi connectivity index (χ0) is 21.2. The van der Waals surface area contributed by atoms with E-state index in [-0.39, 0.29) is 20.9 Å². The Morgan fingerprint density at radius 3 is 2.21 bits per heavy atom. The van der Waals surface area contributed by atoms with Crippen LogP contribution in [-0.4, -0.2) is 27.5 Å². The Balaban J connectivity index is 2.40. The Morgan fingerprint density at radius 2 is 1.57 bits per heavy atom. The van der Waals surface area contributed by atoms with Crippen LogP contribution in [0.15, 0.2) is 0 Å². The molecule has 0 bridgehead atoms. The summed E-state index contributed by atoms with van der Waals surface area (Å²) in [6.07, 6.45) is 14.4. The zero-order valence-corrected chi connectivity index (χ0v) is 20.9. The van der Waals surface area contributed by atoms with Crippen LogP contribution in [-0.2, 0) is 0 Å². The molecule has 28 heavy (non-hydrogen) atoms. The molecule has 0 aromatic rings. The van der Waals surface area contributed by atoms with Crippen molar-refractivity contribution in [3.05, 3.63) is 0 Å². The van der Waals surface area contributed by atoms with E-state index in [1.54, 1.807) is 11.8 Å². The van der Waals surface area contributed by atoms with Gasteiger partial charge in [-0.2, -0.15) is 0 Å². The standard InChI is InChI=1S/C25H47NOS/c1-9-25(7)19-24(6,18-23(4,5)26(8)21(27)28-25)20-15-13-11-10-12-14-16-22(2,3)17-20/h20H,9-19H2,1-8H3. The third kappa shape index (κ3) is 5.92. The van der Waals surface area contributed by atoms with Crippen LogP contribution in [0, 0.1) is 16.7 Å². The van der Waals surface area contributed by atoms with Gasteiger partial charge < -0.3 is 4.90 Å². The number of carbonyl (C=O) groups is 1. The smallest absolute Gasteiger partial charge is 0.282 e. The Labute approximate surface area is 180 Å². The molecule has 2 rings (SSSR count). The molecule has 164 valence electrons. The largest absolute Gasteiger partial charge is 0.332 e. The highest BCUT2D eigenvalue weighted by Gasteiger charge is 2.49. The molecule has 1 heterocycles. The molecule has 0 spiro atoms. The van der Waals surface area contributed by atoms with E-state index in [0.717, 1.165) is 25.2 Å². The monoisotopic (exact) mass is 409 g/mol. The lowest BCUT2D eigenvalue weighted by molar-refractivity contribution is 0.0268. The SMILES string of the molecule is CCC1(C)CC(C)(C2CCCCCCCC(C)(C)C2)CC(C)(C)N(C)C(=O)S1. The van der Waals surface area contributed by atoms with Crippen molar-refractivity contribution in [1.82, 2.24) is 4.90 Å². The van der Waals surface area contributed by atoms with E-state index >= 15 is 0 Å². The van der Waals surface area contributed by atoms with Gasteiger partial charge in [0.15, 0.2) is 0 Å². The third-order valence-electron chi connectivity index (χ3n) is 8.07. The van der Waals surface area contributed by atoms with Crippen molar-refractivity contribution in [3.8, 4) is 0 Å². The second kappa shape index (κ2) is 8.90. The van der Waals surface area contributed by atoms with Crippen LogP contribution >= 0.6 is 11.8 Å². The minimum absolute atomic E-state index is 0.0378. The molecule has 3 unspecified atom stereocenters. The molecule has 0 aromatic carbocycles. The average Bonchev–Trinajstić information content (AvgIpc) is 2.57. The maximum atomic E-state index is 12.9. The fraction of sp³-hybridized carbons (Fsp3) is 0.960. The molecule has 2 fully saturated rings. The summed E-state index contributed by atoms with van der Waals surface area (Å²) in [6, 6.07) is 0. The number of amides is 1. The second-order valence-electron chi connectivity index (χ2n) is 11.9. The fourth-order valence-electron chi connectivity index (χ4n) is 6.06. The number of thioether (sulfide) groups is 1. The van der Waals surface area contributed by atoms with E-state index in [9.17, 15) is 4.79 Å². The van der Waals surface area contributed by atoms with Gasteiger partial charge in [0.1, 0.15) is 0 Å². The van der Waals surface area contributed by atoms with Crippen LogP contribution in [0.3, 0.4) is 0 Å². The normalized spacial score (nSPS) is 37.8. The number of hydrogen-bond acceptors (Lipinski definition) is 2. The number of carbonyl (C=O) groups excluding carboxylic acids is 1. The maximum absolute atomic E-state index is 12.9. The molecule has 1 amide bonds. The topological polar surface area (TPSA) is 20.3 Å². The lowest BCUT2D eigenvalue weighted by atomic mass is 9.59. The summed E-state index contributed by atoms with van der Waals surface area (Å²) in [5.41, 5.74) is 0.606. The van der Waals surface area contributed by atoms with E-state index in [1.807, 2.05) is 11.9 Å². The Hall–Kier alpha value is -0.180. The van der Waals surface area contributed by atoms with E-state index in [2.05, 4.69) is 48.5 Å². The van der Waals surface area contributed by atoms with Crippen molar-refractivity contribution in [2.24, 2.45) is 16.7 Å². The van der Waals surface area contributed by atoms with Gasteiger partial charge in [-0.1, -0.05) is 71.6 Å². The van der Waals surface area contributed by atoms with Crippen molar-refractivity contribution in [3.63, 3.8) is 0 Å². The highest BCUT2D eigenvalue weighted by Crippen LogP contribution is 2.55. The summed E-state index contributed by atoms with van der Waals surface area (Å²) in [7, 11) is 2.02. The third-order valence-corrected chi connectivity index (χ3v) is 9.44. The number of hydrogen-bond donors (Lipinski definition) is 0. The predicted molar refractivity (Wildman–Crippen MR) is 125 cm³/mol. The van der Waals surface area contributed by atoms with Crippen molar-refractivity contribution in [2.75, 3.05) is 7.05 Å². The first kappa shape index (κ1) is 24.1. The minimum Gasteiger partial charge on any atom is -0.332 e. The maximum Gasteiger partial charge on any atom is 0.282 e. The summed E-state index contributed by atoms with van der Waals surface area (Å²) in [5.74, 6) is 0.743. The van der Waals surface area contributed by atoms with Gasteiger partial charge in [0, 0.05) is 17.3 Å². The molecule has 0 aromatic heterocycles. The molecule has 1 saturated heterocycles.